The summed E-state index contributed by atoms with van der Waals surface area (Å²) >= 11 is 0. The van der Waals surface area contributed by atoms with Gasteiger partial charge < -0.3 is 4.52 Å². The molecule has 17 heavy (non-hydrogen) atoms. The van der Waals surface area contributed by atoms with Crippen molar-refractivity contribution >= 4 is 0 Å². The van der Waals surface area contributed by atoms with Crippen molar-refractivity contribution in [2.75, 3.05) is 0 Å². The molecule has 0 unspecified atom stereocenters. The van der Waals surface area contributed by atoms with Crippen LogP contribution in [0, 0.1) is 0 Å². The Labute approximate surface area is 96.9 Å². The Hall–Kier alpha value is -2.50. The average molecular weight is 227 g/mol. The second-order valence-corrected chi connectivity index (χ2v) is 3.47. The molecule has 0 saturated heterocycles. The Bertz CT molecular complexity index is 587. The zero-order valence-electron chi connectivity index (χ0n) is 8.89. The first-order chi connectivity index (χ1) is 8.42. The largest absolute Gasteiger partial charge is 0.334 e. The van der Waals surface area contributed by atoms with Crippen molar-refractivity contribution in [2.24, 2.45) is 0 Å². The van der Waals surface area contributed by atoms with Crippen molar-refractivity contribution in [3.63, 3.8) is 0 Å². The molecule has 0 radical (unpaired) electrons. The molecule has 3 rings (SSSR count). The normalized spacial score (nSPS) is 10.6. The molecule has 3 aromatic rings. The van der Waals surface area contributed by atoms with Crippen molar-refractivity contribution in [3.05, 3.63) is 48.8 Å². The Balaban J connectivity index is 1.84. The van der Waals surface area contributed by atoms with Gasteiger partial charge in [0.05, 0.1) is 0 Å². The lowest BCUT2D eigenvalue weighted by Crippen LogP contribution is -2.01. The Morgan fingerprint density at radius 3 is 2.82 bits per heavy atom. The van der Waals surface area contributed by atoms with Crippen LogP contribution in [0.3, 0.4) is 0 Å². The molecular formula is C11H9N5O. The molecule has 0 saturated carbocycles. The van der Waals surface area contributed by atoms with Crippen molar-refractivity contribution in [3.8, 4) is 11.5 Å². The molecule has 6 nitrogen and oxygen atoms in total. The summed E-state index contributed by atoms with van der Waals surface area (Å²) < 4.78 is 6.82. The lowest BCUT2D eigenvalue weighted by atomic mass is 10.2. The second kappa shape index (κ2) is 4.17. The molecule has 2 aromatic heterocycles. The van der Waals surface area contributed by atoms with Crippen LogP contribution in [-0.4, -0.2) is 24.9 Å². The van der Waals surface area contributed by atoms with Crippen LogP contribution in [0.25, 0.3) is 11.5 Å². The van der Waals surface area contributed by atoms with Gasteiger partial charge in [0.15, 0.2) is 5.82 Å². The molecule has 84 valence electrons. The van der Waals surface area contributed by atoms with Gasteiger partial charge in [-0.15, -0.1) is 0 Å². The first-order valence-electron chi connectivity index (χ1n) is 5.12. The van der Waals surface area contributed by atoms with E-state index < -0.39 is 0 Å². The number of hydrogen-bond acceptors (Lipinski definition) is 5. The van der Waals surface area contributed by atoms with Gasteiger partial charge >= 0.3 is 0 Å². The minimum absolute atomic E-state index is 0.455. The van der Waals surface area contributed by atoms with E-state index in [1.807, 2.05) is 30.3 Å². The van der Waals surface area contributed by atoms with Crippen LogP contribution in [0.15, 0.2) is 47.5 Å². The van der Waals surface area contributed by atoms with E-state index in [-0.39, 0.29) is 0 Å². The van der Waals surface area contributed by atoms with Gasteiger partial charge in [-0.2, -0.15) is 10.1 Å². The third-order valence-corrected chi connectivity index (χ3v) is 2.26. The van der Waals surface area contributed by atoms with Crippen LogP contribution in [0.2, 0.25) is 0 Å². The van der Waals surface area contributed by atoms with E-state index >= 15 is 0 Å². The molecule has 2 heterocycles. The standard InChI is InChI=1S/C11H9N5O/c1-2-4-9(5-3-1)11-14-10(15-17-11)6-16-8-12-7-13-16/h1-5,7-8H,6H2. The highest BCUT2D eigenvalue weighted by molar-refractivity contribution is 5.51. The molecule has 0 spiro atoms. The minimum Gasteiger partial charge on any atom is -0.334 e. The Morgan fingerprint density at radius 2 is 2.06 bits per heavy atom. The van der Waals surface area contributed by atoms with Crippen molar-refractivity contribution in [1.29, 1.82) is 0 Å². The lowest BCUT2D eigenvalue weighted by molar-refractivity contribution is 0.419. The third-order valence-electron chi connectivity index (χ3n) is 2.26. The molecule has 0 bridgehead atoms. The number of aromatic nitrogens is 5. The van der Waals surface area contributed by atoms with E-state index in [4.69, 9.17) is 4.52 Å². The van der Waals surface area contributed by atoms with Gasteiger partial charge in [0.2, 0.25) is 0 Å². The molecule has 0 amide bonds. The molecule has 0 aliphatic carbocycles. The van der Waals surface area contributed by atoms with Crippen LogP contribution < -0.4 is 0 Å². The topological polar surface area (TPSA) is 69.6 Å². The fourth-order valence-corrected chi connectivity index (χ4v) is 1.48. The van der Waals surface area contributed by atoms with Crippen LogP contribution in [-0.2, 0) is 6.54 Å². The van der Waals surface area contributed by atoms with Crippen LogP contribution in [0.5, 0.6) is 0 Å². The highest BCUT2D eigenvalue weighted by Crippen LogP contribution is 2.16. The summed E-state index contributed by atoms with van der Waals surface area (Å²) in [7, 11) is 0. The number of nitrogens with zero attached hydrogens (tertiary/aromatic N) is 5. The molecule has 1 aromatic carbocycles. The lowest BCUT2D eigenvalue weighted by Gasteiger charge is -1.92. The van der Waals surface area contributed by atoms with E-state index in [2.05, 4.69) is 20.2 Å². The van der Waals surface area contributed by atoms with E-state index in [1.54, 1.807) is 11.0 Å². The van der Waals surface area contributed by atoms with Crippen molar-refractivity contribution in [1.82, 2.24) is 24.9 Å². The van der Waals surface area contributed by atoms with Crippen molar-refractivity contribution in [2.45, 2.75) is 6.54 Å². The van der Waals surface area contributed by atoms with Gasteiger partial charge in [0.1, 0.15) is 19.2 Å². The summed E-state index contributed by atoms with van der Waals surface area (Å²) in [6.45, 7) is 0.455. The zero-order valence-corrected chi connectivity index (χ0v) is 8.89. The molecule has 0 aliphatic heterocycles. The van der Waals surface area contributed by atoms with Gasteiger partial charge in [-0.1, -0.05) is 23.4 Å². The monoisotopic (exact) mass is 227 g/mol. The summed E-state index contributed by atoms with van der Waals surface area (Å²) in [6, 6.07) is 9.64. The maximum Gasteiger partial charge on any atom is 0.257 e. The number of rotatable bonds is 3. The molecule has 0 aliphatic rings. The Kier molecular flexibility index (Phi) is 2.38. The fourth-order valence-electron chi connectivity index (χ4n) is 1.48. The third kappa shape index (κ3) is 2.05. The maximum atomic E-state index is 5.18. The summed E-state index contributed by atoms with van der Waals surface area (Å²) in [6.07, 6.45) is 3.08. The Morgan fingerprint density at radius 1 is 1.18 bits per heavy atom. The van der Waals surface area contributed by atoms with E-state index in [9.17, 15) is 0 Å². The first kappa shape index (κ1) is 9.71. The molecule has 0 fully saturated rings. The van der Waals surface area contributed by atoms with Crippen LogP contribution in [0.4, 0.5) is 0 Å². The summed E-state index contributed by atoms with van der Waals surface area (Å²) in [5.41, 5.74) is 0.907. The number of hydrogen-bond donors (Lipinski definition) is 0. The molecule has 0 atom stereocenters. The van der Waals surface area contributed by atoms with Gasteiger partial charge in [0, 0.05) is 5.56 Å². The molecular weight excluding hydrogens is 218 g/mol. The van der Waals surface area contributed by atoms with Gasteiger partial charge in [0.25, 0.3) is 5.89 Å². The van der Waals surface area contributed by atoms with Gasteiger partial charge in [-0.3, -0.25) is 0 Å². The minimum atomic E-state index is 0.455. The van der Waals surface area contributed by atoms with E-state index in [0.29, 0.717) is 18.3 Å². The van der Waals surface area contributed by atoms with Gasteiger partial charge in [-0.25, -0.2) is 9.67 Å². The smallest absolute Gasteiger partial charge is 0.257 e. The highest BCUT2D eigenvalue weighted by Gasteiger charge is 2.08. The predicted octanol–water partition coefficient (Wildman–Crippen LogP) is 1.38. The maximum absolute atomic E-state index is 5.18. The zero-order chi connectivity index (χ0) is 11.5. The summed E-state index contributed by atoms with van der Waals surface area (Å²) in [5, 5.41) is 7.87. The molecule has 0 N–H and O–H groups in total. The van der Waals surface area contributed by atoms with Crippen LogP contribution in [0.1, 0.15) is 5.82 Å². The molecule has 6 heteroatoms. The number of benzene rings is 1. The first-order valence-corrected chi connectivity index (χ1v) is 5.12. The summed E-state index contributed by atoms with van der Waals surface area (Å²) in [4.78, 5) is 8.14. The summed E-state index contributed by atoms with van der Waals surface area (Å²) in [5.74, 6) is 1.09. The van der Waals surface area contributed by atoms with E-state index in [0.717, 1.165) is 5.56 Å². The fraction of sp³-hybridized carbons (Fsp3) is 0.0909. The SMILES string of the molecule is c1ccc(-c2nc(Cn3cncn3)no2)cc1. The quantitative estimate of drug-likeness (QED) is 0.676. The van der Waals surface area contributed by atoms with E-state index in [1.165, 1.54) is 6.33 Å². The second-order valence-electron chi connectivity index (χ2n) is 3.47. The van der Waals surface area contributed by atoms with Crippen molar-refractivity contribution < 1.29 is 4.52 Å². The average Bonchev–Trinajstić information content (AvgIpc) is 3.02. The highest BCUT2D eigenvalue weighted by atomic mass is 16.5. The predicted molar refractivity (Wildman–Crippen MR) is 58.9 cm³/mol. The van der Waals surface area contributed by atoms with Crippen LogP contribution >= 0.6 is 0 Å². The van der Waals surface area contributed by atoms with Gasteiger partial charge in [-0.05, 0) is 12.1 Å².